The molecular weight excluding hydrogens is 340 g/mol. The topological polar surface area (TPSA) is 81.4 Å². The van der Waals surface area contributed by atoms with Gasteiger partial charge in [-0.05, 0) is 25.5 Å². The molecule has 1 N–H and O–H groups in total. The number of amides is 1. The summed E-state index contributed by atoms with van der Waals surface area (Å²) in [7, 11) is 0. The number of hydrogen-bond donors (Lipinski definition) is 1. The molecule has 1 amide bonds. The number of nitrogens with one attached hydrogen (secondary N) is 1. The fourth-order valence-corrected chi connectivity index (χ4v) is 2.95. The standard InChI is InChI=1S/C18H24N2O4S/c1-3-4-5-8-13(2)19-16(21)11-23-17(22)12-25-18-20-14-9-6-7-10-15(14)24-18/h6-7,9-10,13H,3-5,8,11-12H2,1-2H3,(H,19,21)/t13-/m1/s1. The number of benzene rings is 1. The van der Waals surface area contributed by atoms with Crippen molar-refractivity contribution in [2.75, 3.05) is 12.4 Å². The van der Waals surface area contributed by atoms with Crippen molar-refractivity contribution in [2.24, 2.45) is 0 Å². The van der Waals surface area contributed by atoms with Gasteiger partial charge in [-0.3, -0.25) is 9.59 Å². The summed E-state index contributed by atoms with van der Waals surface area (Å²) >= 11 is 1.15. The zero-order chi connectivity index (χ0) is 18.1. The van der Waals surface area contributed by atoms with Gasteiger partial charge in [-0.25, -0.2) is 4.98 Å². The maximum atomic E-state index is 11.8. The average molecular weight is 364 g/mol. The maximum Gasteiger partial charge on any atom is 0.316 e. The summed E-state index contributed by atoms with van der Waals surface area (Å²) in [6.45, 7) is 3.84. The zero-order valence-electron chi connectivity index (χ0n) is 14.6. The number of fused-ring (bicyclic) bond motifs is 1. The van der Waals surface area contributed by atoms with E-state index in [1.54, 1.807) is 0 Å². The van der Waals surface area contributed by atoms with E-state index in [1.165, 1.54) is 0 Å². The van der Waals surface area contributed by atoms with Gasteiger partial charge in [0.15, 0.2) is 12.2 Å². The third-order valence-corrected chi connectivity index (χ3v) is 4.40. The first kappa shape index (κ1) is 19.3. The van der Waals surface area contributed by atoms with E-state index in [2.05, 4.69) is 17.2 Å². The summed E-state index contributed by atoms with van der Waals surface area (Å²) < 4.78 is 10.5. The van der Waals surface area contributed by atoms with Crippen molar-refractivity contribution in [1.29, 1.82) is 0 Å². The van der Waals surface area contributed by atoms with Crippen LogP contribution < -0.4 is 5.32 Å². The Morgan fingerprint density at radius 3 is 2.88 bits per heavy atom. The normalized spacial score (nSPS) is 12.1. The Morgan fingerprint density at radius 1 is 1.32 bits per heavy atom. The SMILES string of the molecule is CCCCC[C@@H](C)NC(=O)COC(=O)CSc1nc2ccccc2o1. The quantitative estimate of drug-likeness (QED) is 0.394. The number of carbonyl (C=O) groups is 2. The molecule has 0 spiro atoms. The number of para-hydroxylation sites is 2. The first-order valence-corrected chi connectivity index (χ1v) is 9.50. The molecule has 0 saturated carbocycles. The number of aromatic nitrogens is 1. The zero-order valence-corrected chi connectivity index (χ0v) is 15.4. The lowest BCUT2D eigenvalue weighted by molar-refractivity contribution is -0.146. The van der Waals surface area contributed by atoms with E-state index >= 15 is 0 Å². The minimum Gasteiger partial charge on any atom is -0.455 e. The van der Waals surface area contributed by atoms with E-state index in [9.17, 15) is 9.59 Å². The summed E-state index contributed by atoms with van der Waals surface area (Å²) in [6, 6.07) is 7.48. The van der Waals surface area contributed by atoms with Crippen LogP contribution in [0.15, 0.2) is 33.9 Å². The first-order valence-electron chi connectivity index (χ1n) is 8.52. The van der Waals surface area contributed by atoms with Crippen LogP contribution >= 0.6 is 11.8 Å². The molecule has 0 bridgehead atoms. The lowest BCUT2D eigenvalue weighted by atomic mass is 10.1. The van der Waals surface area contributed by atoms with Crippen molar-refractivity contribution in [3.8, 4) is 0 Å². The number of ether oxygens (including phenoxy) is 1. The molecule has 7 heteroatoms. The predicted molar refractivity (Wildman–Crippen MR) is 97.4 cm³/mol. The lowest BCUT2D eigenvalue weighted by Gasteiger charge is -2.13. The third-order valence-electron chi connectivity index (χ3n) is 3.60. The van der Waals surface area contributed by atoms with Crippen LogP contribution in [0.2, 0.25) is 0 Å². The Morgan fingerprint density at radius 2 is 2.12 bits per heavy atom. The summed E-state index contributed by atoms with van der Waals surface area (Å²) in [4.78, 5) is 27.8. The minimum atomic E-state index is -0.471. The van der Waals surface area contributed by atoms with Crippen LogP contribution in [0.3, 0.4) is 0 Å². The van der Waals surface area contributed by atoms with Crippen molar-refractivity contribution >= 4 is 34.7 Å². The van der Waals surface area contributed by atoms with E-state index in [1.807, 2.05) is 31.2 Å². The molecule has 6 nitrogen and oxygen atoms in total. The molecule has 136 valence electrons. The number of thioether (sulfide) groups is 1. The Labute approximate surface area is 151 Å². The molecule has 0 aliphatic carbocycles. The fourth-order valence-electron chi connectivity index (χ4n) is 2.31. The van der Waals surface area contributed by atoms with E-state index < -0.39 is 5.97 Å². The molecular formula is C18H24N2O4S. The number of carbonyl (C=O) groups excluding carboxylic acids is 2. The smallest absolute Gasteiger partial charge is 0.316 e. The molecule has 0 aliphatic rings. The van der Waals surface area contributed by atoms with Crippen molar-refractivity contribution in [3.63, 3.8) is 0 Å². The van der Waals surface area contributed by atoms with Gasteiger partial charge in [0.05, 0.1) is 0 Å². The highest BCUT2D eigenvalue weighted by molar-refractivity contribution is 7.99. The van der Waals surface area contributed by atoms with Crippen molar-refractivity contribution in [3.05, 3.63) is 24.3 Å². The second-order valence-corrected chi connectivity index (χ2v) is 6.79. The average Bonchev–Trinajstić information content (AvgIpc) is 3.01. The molecule has 1 aromatic carbocycles. The number of unbranched alkanes of at least 4 members (excludes halogenated alkanes) is 2. The number of rotatable bonds is 10. The van der Waals surface area contributed by atoms with Crippen LogP contribution in [-0.4, -0.2) is 35.3 Å². The minimum absolute atomic E-state index is 0.0478. The summed E-state index contributed by atoms with van der Waals surface area (Å²) in [5, 5.41) is 3.24. The number of esters is 1. The van der Waals surface area contributed by atoms with Gasteiger partial charge in [0.2, 0.25) is 0 Å². The van der Waals surface area contributed by atoms with Gasteiger partial charge >= 0.3 is 5.97 Å². The van der Waals surface area contributed by atoms with Crippen LogP contribution in [-0.2, 0) is 14.3 Å². The Hall–Kier alpha value is -2.02. The molecule has 0 aliphatic heterocycles. The van der Waals surface area contributed by atoms with Gasteiger partial charge in [0.1, 0.15) is 11.3 Å². The van der Waals surface area contributed by atoms with Crippen LogP contribution in [0.25, 0.3) is 11.1 Å². The molecule has 0 radical (unpaired) electrons. The van der Waals surface area contributed by atoms with Crippen LogP contribution in [0.4, 0.5) is 0 Å². The monoisotopic (exact) mass is 364 g/mol. The molecule has 1 atom stereocenters. The van der Waals surface area contributed by atoms with Gasteiger partial charge in [-0.15, -0.1) is 0 Å². The van der Waals surface area contributed by atoms with E-state index in [0.29, 0.717) is 10.8 Å². The van der Waals surface area contributed by atoms with Crippen molar-refractivity contribution in [2.45, 2.75) is 50.8 Å². The summed E-state index contributed by atoms with van der Waals surface area (Å²) in [6.07, 6.45) is 4.32. The van der Waals surface area contributed by atoms with E-state index in [0.717, 1.165) is 43.0 Å². The molecule has 0 unspecified atom stereocenters. The Bertz CT molecular complexity index is 668. The summed E-state index contributed by atoms with van der Waals surface area (Å²) in [5.74, 6) is -0.697. The van der Waals surface area contributed by atoms with Gasteiger partial charge in [0.25, 0.3) is 11.1 Å². The second-order valence-electron chi connectivity index (χ2n) is 5.86. The lowest BCUT2D eigenvalue weighted by Crippen LogP contribution is -2.36. The molecule has 2 rings (SSSR count). The summed E-state index contributed by atoms with van der Waals surface area (Å²) in [5.41, 5.74) is 1.42. The maximum absolute atomic E-state index is 11.8. The van der Waals surface area contributed by atoms with Crippen molar-refractivity contribution in [1.82, 2.24) is 10.3 Å². The predicted octanol–water partition coefficient (Wildman–Crippen LogP) is 3.55. The van der Waals surface area contributed by atoms with Gasteiger partial charge in [-0.1, -0.05) is 50.1 Å². The van der Waals surface area contributed by atoms with Crippen LogP contribution in [0, 0.1) is 0 Å². The third kappa shape index (κ3) is 6.78. The second kappa shape index (κ2) is 10.1. The Balaban J connectivity index is 1.65. The molecule has 0 fully saturated rings. The molecule has 25 heavy (non-hydrogen) atoms. The number of hydrogen-bond acceptors (Lipinski definition) is 6. The van der Waals surface area contributed by atoms with Crippen LogP contribution in [0.5, 0.6) is 0 Å². The van der Waals surface area contributed by atoms with E-state index in [-0.39, 0.29) is 24.3 Å². The van der Waals surface area contributed by atoms with Gasteiger partial charge in [0, 0.05) is 6.04 Å². The number of nitrogens with zero attached hydrogens (tertiary/aromatic N) is 1. The highest BCUT2D eigenvalue weighted by atomic mass is 32.2. The first-order chi connectivity index (χ1) is 12.1. The molecule has 2 aromatic rings. The van der Waals surface area contributed by atoms with Gasteiger partial charge < -0.3 is 14.5 Å². The molecule has 1 aromatic heterocycles. The highest BCUT2D eigenvalue weighted by Crippen LogP contribution is 2.23. The molecule has 0 saturated heterocycles. The number of oxazole rings is 1. The Kier molecular flexibility index (Phi) is 7.78. The molecule has 1 heterocycles. The van der Waals surface area contributed by atoms with Gasteiger partial charge in [-0.2, -0.15) is 0 Å². The van der Waals surface area contributed by atoms with Crippen molar-refractivity contribution < 1.29 is 18.7 Å². The largest absolute Gasteiger partial charge is 0.455 e. The van der Waals surface area contributed by atoms with E-state index in [4.69, 9.17) is 9.15 Å². The highest BCUT2D eigenvalue weighted by Gasteiger charge is 2.13. The fraction of sp³-hybridized carbons (Fsp3) is 0.500. The van der Waals surface area contributed by atoms with Crippen LogP contribution in [0.1, 0.15) is 39.5 Å².